The van der Waals surface area contributed by atoms with E-state index in [-0.39, 0.29) is 24.9 Å². The molecule has 0 aliphatic heterocycles. The molecule has 13 heavy (non-hydrogen) atoms. The zero-order valence-electron chi connectivity index (χ0n) is 7.01. The van der Waals surface area contributed by atoms with Crippen molar-refractivity contribution >= 4 is 18.3 Å². The Bertz CT molecular complexity index is 265. The smallest absolute Gasteiger partial charge is 0.219 e. The first-order chi connectivity index (χ1) is 5.70. The fourth-order valence-corrected chi connectivity index (χ4v) is 0.917. The van der Waals surface area contributed by atoms with Crippen molar-refractivity contribution in [2.24, 2.45) is 11.5 Å². The second-order valence-electron chi connectivity index (χ2n) is 2.53. The maximum absolute atomic E-state index is 10.5. The van der Waals surface area contributed by atoms with Gasteiger partial charge >= 0.3 is 0 Å². The third-order valence-electron chi connectivity index (χ3n) is 1.49. The number of amides is 1. The Morgan fingerprint density at radius 2 is 2.23 bits per heavy atom. The van der Waals surface area contributed by atoms with Gasteiger partial charge in [0.2, 0.25) is 5.91 Å². The van der Waals surface area contributed by atoms with Crippen LogP contribution in [0.4, 0.5) is 0 Å². The maximum Gasteiger partial charge on any atom is 0.219 e. The van der Waals surface area contributed by atoms with E-state index in [1.165, 1.54) is 0 Å². The number of nitrogens with two attached hydrogens (primary N) is 2. The molecule has 1 atom stereocenters. The van der Waals surface area contributed by atoms with Crippen molar-refractivity contribution in [2.75, 3.05) is 0 Å². The van der Waals surface area contributed by atoms with E-state index >= 15 is 0 Å². The molecule has 1 rings (SSSR count). The van der Waals surface area contributed by atoms with Crippen molar-refractivity contribution in [3.63, 3.8) is 0 Å². The summed E-state index contributed by atoms with van der Waals surface area (Å²) in [5.41, 5.74) is 11.3. The van der Waals surface area contributed by atoms with Crippen molar-refractivity contribution in [2.45, 2.75) is 12.5 Å². The molecule has 4 N–H and O–H groups in total. The quantitative estimate of drug-likeness (QED) is 0.742. The molecule has 0 saturated heterocycles. The third kappa shape index (κ3) is 3.87. The average molecular weight is 202 g/mol. The number of rotatable bonds is 3. The molecule has 0 saturated carbocycles. The van der Waals surface area contributed by atoms with Gasteiger partial charge in [-0.05, 0) is 12.1 Å². The largest absolute Gasteiger partial charge is 0.370 e. The van der Waals surface area contributed by atoms with Gasteiger partial charge in [0, 0.05) is 12.6 Å². The minimum Gasteiger partial charge on any atom is -0.370 e. The normalized spacial score (nSPS) is 11.5. The van der Waals surface area contributed by atoms with Crippen LogP contribution < -0.4 is 11.5 Å². The van der Waals surface area contributed by atoms with Gasteiger partial charge in [-0.15, -0.1) is 12.4 Å². The van der Waals surface area contributed by atoms with Crippen molar-refractivity contribution in [1.82, 2.24) is 4.98 Å². The summed E-state index contributed by atoms with van der Waals surface area (Å²) in [6, 6.07) is 5.00. The highest BCUT2D eigenvalue weighted by molar-refractivity contribution is 5.85. The SMILES string of the molecule is Cl.NC(=O)CC(N)c1ccccn1. The zero-order valence-corrected chi connectivity index (χ0v) is 7.83. The van der Waals surface area contributed by atoms with Crippen LogP contribution in [0.5, 0.6) is 0 Å². The van der Waals surface area contributed by atoms with E-state index in [0.29, 0.717) is 5.69 Å². The number of hydrogen-bond donors (Lipinski definition) is 2. The highest BCUT2D eigenvalue weighted by atomic mass is 35.5. The van der Waals surface area contributed by atoms with Crippen molar-refractivity contribution < 1.29 is 4.79 Å². The zero-order chi connectivity index (χ0) is 8.97. The van der Waals surface area contributed by atoms with Gasteiger partial charge in [0.1, 0.15) is 0 Å². The summed E-state index contributed by atoms with van der Waals surface area (Å²) in [6.07, 6.45) is 1.77. The lowest BCUT2D eigenvalue weighted by Gasteiger charge is -2.07. The summed E-state index contributed by atoms with van der Waals surface area (Å²) in [4.78, 5) is 14.5. The molecule has 72 valence electrons. The van der Waals surface area contributed by atoms with Gasteiger partial charge in [0.05, 0.1) is 11.7 Å². The Labute approximate surface area is 82.7 Å². The molecular weight excluding hydrogens is 190 g/mol. The molecule has 0 aromatic carbocycles. The Kier molecular flexibility index (Phi) is 5.03. The van der Waals surface area contributed by atoms with Crippen LogP contribution in [0.15, 0.2) is 24.4 Å². The number of hydrogen-bond acceptors (Lipinski definition) is 3. The van der Waals surface area contributed by atoms with Crippen LogP contribution >= 0.6 is 12.4 Å². The van der Waals surface area contributed by atoms with E-state index in [2.05, 4.69) is 4.98 Å². The lowest BCUT2D eigenvalue weighted by molar-refractivity contribution is -0.118. The standard InChI is InChI=1S/C8H11N3O.ClH/c9-6(5-8(10)12)7-3-1-2-4-11-7;/h1-4,6H,5,9H2,(H2,10,12);1H. The van der Waals surface area contributed by atoms with Crippen LogP contribution in [0.2, 0.25) is 0 Å². The fourth-order valence-electron chi connectivity index (χ4n) is 0.917. The van der Waals surface area contributed by atoms with Gasteiger partial charge in [-0.3, -0.25) is 9.78 Å². The number of halogens is 1. The predicted octanol–water partition coefficient (Wildman–Crippen LogP) is 0.379. The lowest BCUT2D eigenvalue weighted by Crippen LogP contribution is -2.21. The Balaban J connectivity index is 0.00000144. The highest BCUT2D eigenvalue weighted by Crippen LogP contribution is 2.08. The van der Waals surface area contributed by atoms with Crippen LogP contribution in [0.1, 0.15) is 18.2 Å². The van der Waals surface area contributed by atoms with E-state index in [9.17, 15) is 4.79 Å². The summed E-state index contributed by atoms with van der Waals surface area (Å²) in [5, 5.41) is 0. The number of aromatic nitrogens is 1. The molecule has 0 fully saturated rings. The van der Waals surface area contributed by atoms with Gasteiger partial charge in [-0.25, -0.2) is 0 Å². The van der Waals surface area contributed by atoms with Crippen LogP contribution in [0.3, 0.4) is 0 Å². The summed E-state index contributed by atoms with van der Waals surface area (Å²) >= 11 is 0. The van der Waals surface area contributed by atoms with Crippen molar-refractivity contribution in [3.8, 4) is 0 Å². The molecule has 0 aliphatic carbocycles. The molecule has 1 unspecified atom stereocenters. The molecule has 0 spiro atoms. The van der Waals surface area contributed by atoms with Gasteiger partial charge in [0.15, 0.2) is 0 Å². The molecule has 1 aromatic heterocycles. The van der Waals surface area contributed by atoms with Gasteiger partial charge < -0.3 is 11.5 Å². The summed E-state index contributed by atoms with van der Waals surface area (Å²) < 4.78 is 0. The number of pyridine rings is 1. The number of carbonyl (C=O) groups excluding carboxylic acids is 1. The van der Waals surface area contributed by atoms with E-state index in [1.807, 2.05) is 6.07 Å². The van der Waals surface area contributed by atoms with E-state index < -0.39 is 5.91 Å². The first-order valence-electron chi connectivity index (χ1n) is 3.65. The molecule has 1 amide bonds. The fraction of sp³-hybridized carbons (Fsp3) is 0.250. The minimum atomic E-state index is -0.409. The molecular formula is C8H12ClN3O. The molecule has 4 nitrogen and oxygen atoms in total. The van der Waals surface area contributed by atoms with Gasteiger partial charge in [0.25, 0.3) is 0 Å². The Morgan fingerprint density at radius 3 is 2.69 bits per heavy atom. The van der Waals surface area contributed by atoms with E-state index in [1.54, 1.807) is 18.3 Å². The Morgan fingerprint density at radius 1 is 1.54 bits per heavy atom. The first kappa shape index (κ1) is 11.9. The predicted molar refractivity (Wildman–Crippen MR) is 52.2 cm³/mol. The van der Waals surface area contributed by atoms with Gasteiger partial charge in [-0.1, -0.05) is 6.07 Å². The number of carbonyl (C=O) groups is 1. The van der Waals surface area contributed by atoms with Gasteiger partial charge in [-0.2, -0.15) is 0 Å². The number of primary amides is 1. The van der Waals surface area contributed by atoms with Crippen LogP contribution in [-0.4, -0.2) is 10.9 Å². The number of nitrogens with zero attached hydrogens (tertiary/aromatic N) is 1. The van der Waals surface area contributed by atoms with E-state index in [0.717, 1.165) is 0 Å². The topological polar surface area (TPSA) is 82.0 Å². The van der Waals surface area contributed by atoms with Crippen molar-refractivity contribution in [3.05, 3.63) is 30.1 Å². The van der Waals surface area contributed by atoms with E-state index in [4.69, 9.17) is 11.5 Å². The molecule has 0 radical (unpaired) electrons. The second kappa shape index (κ2) is 5.50. The second-order valence-corrected chi connectivity index (χ2v) is 2.53. The van der Waals surface area contributed by atoms with Crippen LogP contribution in [-0.2, 0) is 4.79 Å². The molecule has 0 aliphatic rings. The first-order valence-corrected chi connectivity index (χ1v) is 3.65. The molecule has 5 heteroatoms. The Hall–Kier alpha value is -1.13. The molecule has 1 heterocycles. The minimum absolute atomic E-state index is 0. The highest BCUT2D eigenvalue weighted by Gasteiger charge is 2.08. The monoisotopic (exact) mass is 201 g/mol. The van der Waals surface area contributed by atoms with Crippen LogP contribution in [0.25, 0.3) is 0 Å². The average Bonchev–Trinajstić information content (AvgIpc) is 2.05. The third-order valence-corrected chi connectivity index (χ3v) is 1.49. The molecule has 1 aromatic rings. The summed E-state index contributed by atoms with van der Waals surface area (Å²) in [6.45, 7) is 0. The maximum atomic E-state index is 10.5. The van der Waals surface area contributed by atoms with Crippen molar-refractivity contribution in [1.29, 1.82) is 0 Å². The summed E-state index contributed by atoms with van der Waals surface area (Å²) in [7, 11) is 0. The molecule has 0 bridgehead atoms. The van der Waals surface area contributed by atoms with Crippen LogP contribution in [0, 0.1) is 0 Å². The summed E-state index contributed by atoms with van der Waals surface area (Å²) in [5.74, 6) is -0.409. The lowest BCUT2D eigenvalue weighted by atomic mass is 10.1.